The summed E-state index contributed by atoms with van der Waals surface area (Å²) in [7, 11) is 0. The van der Waals surface area contributed by atoms with Crippen molar-refractivity contribution in [3.63, 3.8) is 0 Å². The number of rotatable bonds is 4. The highest BCUT2D eigenvalue weighted by Crippen LogP contribution is 2.28. The fourth-order valence-corrected chi connectivity index (χ4v) is 2.03. The Balaban J connectivity index is 2.20. The van der Waals surface area contributed by atoms with Gasteiger partial charge in [-0.3, -0.25) is 0 Å². The third-order valence-electron chi connectivity index (χ3n) is 2.50. The second kappa shape index (κ2) is 6.49. The molecule has 0 saturated carbocycles. The maximum absolute atomic E-state index is 13.1. The molecule has 2 aromatic rings. The van der Waals surface area contributed by atoms with E-state index < -0.39 is 17.6 Å². The topological polar surface area (TPSA) is 46.5 Å². The second-order valence-corrected chi connectivity index (χ2v) is 4.89. The van der Waals surface area contributed by atoms with Crippen LogP contribution in [0.1, 0.15) is 5.56 Å². The van der Waals surface area contributed by atoms with Gasteiger partial charge in [0.15, 0.2) is 11.6 Å². The van der Waals surface area contributed by atoms with Crippen molar-refractivity contribution < 1.29 is 23.4 Å². The average Bonchev–Trinajstić information content (AvgIpc) is 2.42. The van der Waals surface area contributed by atoms with Crippen LogP contribution < -0.4 is 4.74 Å². The summed E-state index contributed by atoms with van der Waals surface area (Å²) in [5.41, 5.74) is 0.648. The lowest BCUT2D eigenvalue weighted by molar-refractivity contribution is -0.131. The van der Waals surface area contributed by atoms with E-state index in [2.05, 4.69) is 15.9 Å². The minimum atomic E-state index is -1.05. The molecule has 1 N–H and O–H groups in total. The van der Waals surface area contributed by atoms with Gasteiger partial charge in [0.1, 0.15) is 11.5 Å². The SMILES string of the molecule is O=C(O)/C=C/c1ccc(Oc2ccc(F)c(F)c2)cc1Br. The number of ether oxygens (including phenoxy) is 1. The zero-order valence-electron chi connectivity index (χ0n) is 10.5. The molecular weight excluding hydrogens is 346 g/mol. The molecule has 0 atom stereocenters. The number of halogens is 3. The van der Waals surface area contributed by atoms with E-state index in [9.17, 15) is 13.6 Å². The summed E-state index contributed by atoms with van der Waals surface area (Å²) in [6.07, 6.45) is 2.43. The van der Waals surface area contributed by atoms with E-state index in [1.165, 1.54) is 12.1 Å². The van der Waals surface area contributed by atoms with Gasteiger partial charge in [-0.05, 0) is 35.9 Å². The average molecular weight is 355 g/mol. The molecule has 0 radical (unpaired) electrons. The third-order valence-corrected chi connectivity index (χ3v) is 3.19. The van der Waals surface area contributed by atoms with Crippen molar-refractivity contribution in [1.82, 2.24) is 0 Å². The molecule has 0 heterocycles. The predicted molar refractivity (Wildman–Crippen MR) is 77.2 cm³/mol. The van der Waals surface area contributed by atoms with E-state index in [1.54, 1.807) is 18.2 Å². The summed E-state index contributed by atoms with van der Waals surface area (Å²) in [6, 6.07) is 8.06. The maximum atomic E-state index is 13.1. The van der Waals surface area contributed by atoms with Gasteiger partial charge in [-0.25, -0.2) is 13.6 Å². The Morgan fingerprint density at radius 1 is 1.10 bits per heavy atom. The van der Waals surface area contributed by atoms with Crippen molar-refractivity contribution in [2.75, 3.05) is 0 Å². The van der Waals surface area contributed by atoms with E-state index in [1.807, 2.05) is 0 Å². The van der Waals surface area contributed by atoms with Gasteiger partial charge in [-0.1, -0.05) is 22.0 Å². The van der Waals surface area contributed by atoms with Crippen molar-refractivity contribution in [3.05, 3.63) is 64.1 Å². The summed E-state index contributed by atoms with van der Waals surface area (Å²) in [6.45, 7) is 0. The van der Waals surface area contributed by atoms with Crippen LogP contribution in [0.3, 0.4) is 0 Å². The van der Waals surface area contributed by atoms with Crippen molar-refractivity contribution in [3.8, 4) is 11.5 Å². The lowest BCUT2D eigenvalue weighted by atomic mass is 10.2. The second-order valence-electron chi connectivity index (χ2n) is 4.03. The number of aliphatic carboxylic acids is 1. The number of hydrogen-bond acceptors (Lipinski definition) is 2. The number of benzene rings is 2. The zero-order valence-corrected chi connectivity index (χ0v) is 12.1. The molecule has 0 unspecified atom stereocenters. The molecule has 108 valence electrons. The number of carboxylic acid groups (broad SMARTS) is 1. The van der Waals surface area contributed by atoms with Gasteiger partial charge in [-0.15, -0.1) is 0 Å². The Labute approximate surface area is 127 Å². The summed E-state index contributed by atoms with van der Waals surface area (Å²) in [4.78, 5) is 10.5. The molecule has 0 spiro atoms. The van der Waals surface area contributed by atoms with Crippen LogP contribution in [0.2, 0.25) is 0 Å². The molecule has 2 rings (SSSR count). The van der Waals surface area contributed by atoms with E-state index in [4.69, 9.17) is 9.84 Å². The molecule has 0 fully saturated rings. The summed E-state index contributed by atoms with van der Waals surface area (Å²) >= 11 is 3.28. The molecule has 0 amide bonds. The van der Waals surface area contributed by atoms with Crippen molar-refractivity contribution in [2.45, 2.75) is 0 Å². The van der Waals surface area contributed by atoms with Crippen LogP contribution in [0, 0.1) is 11.6 Å². The first-order valence-corrected chi connectivity index (χ1v) is 6.58. The molecule has 0 aliphatic carbocycles. The lowest BCUT2D eigenvalue weighted by Gasteiger charge is -2.07. The molecular formula is C15H9BrF2O3. The lowest BCUT2D eigenvalue weighted by Crippen LogP contribution is -1.89. The molecule has 3 nitrogen and oxygen atoms in total. The smallest absolute Gasteiger partial charge is 0.328 e. The van der Waals surface area contributed by atoms with Crippen molar-refractivity contribution >= 4 is 28.0 Å². The number of hydrogen-bond donors (Lipinski definition) is 1. The monoisotopic (exact) mass is 354 g/mol. The van der Waals surface area contributed by atoms with Gasteiger partial charge in [-0.2, -0.15) is 0 Å². The van der Waals surface area contributed by atoms with Crippen LogP contribution in [0.25, 0.3) is 6.08 Å². The summed E-state index contributed by atoms with van der Waals surface area (Å²) < 4.78 is 31.9. The van der Waals surface area contributed by atoms with E-state index in [0.717, 1.165) is 18.2 Å². The van der Waals surface area contributed by atoms with Gasteiger partial charge >= 0.3 is 5.97 Å². The quantitative estimate of drug-likeness (QED) is 0.815. The van der Waals surface area contributed by atoms with Crippen LogP contribution in [0.15, 0.2) is 46.9 Å². The van der Waals surface area contributed by atoms with Crippen molar-refractivity contribution in [1.29, 1.82) is 0 Å². The van der Waals surface area contributed by atoms with E-state index >= 15 is 0 Å². The molecule has 2 aromatic carbocycles. The normalized spacial score (nSPS) is 10.8. The van der Waals surface area contributed by atoms with Crippen LogP contribution in [0.5, 0.6) is 11.5 Å². The molecule has 0 saturated heterocycles. The Morgan fingerprint density at radius 2 is 1.76 bits per heavy atom. The molecule has 0 bridgehead atoms. The number of carbonyl (C=O) groups is 1. The minimum Gasteiger partial charge on any atom is -0.478 e. The highest BCUT2D eigenvalue weighted by atomic mass is 79.9. The Hall–Kier alpha value is -2.21. The standard InChI is InChI=1S/C15H9BrF2O3/c16-12-7-10(3-1-9(12)2-6-15(19)20)21-11-4-5-13(17)14(18)8-11/h1-8H,(H,19,20)/b6-2+. The first kappa shape index (κ1) is 15.2. The summed E-state index contributed by atoms with van der Waals surface area (Å²) in [5.74, 6) is -2.43. The van der Waals surface area contributed by atoms with E-state index in [-0.39, 0.29) is 5.75 Å². The molecule has 0 aliphatic rings. The highest BCUT2D eigenvalue weighted by Gasteiger charge is 2.06. The summed E-state index contributed by atoms with van der Waals surface area (Å²) in [5, 5.41) is 8.57. The predicted octanol–water partition coefficient (Wildman–Crippen LogP) is 4.62. The Bertz CT molecular complexity index is 714. The van der Waals surface area contributed by atoms with E-state index in [0.29, 0.717) is 15.8 Å². The van der Waals surface area contributed by atoms with Crippen molar-refractivity contribution in [2.24, 2.45) is 0 Å². The molecule has 0 aromatic heterocycles. The van der Waals surface area contributed by atoms with Gasteiger partial charge < -0.3 is 9.84 Å². The van der Waals surface area contributed by atoms with Gasteiger partial charge in [0.05, 0.1) is 0 Å². The van der Waals surface area contributed by atoms with Gasteiger partial charge in [0, 0.05) is 16.6 Å². The maximum Gasteiger partial charge on any atom is 0.328 e. The third kappa shape index (κ3) is 4.13. The minimum absolute atomic E-state index is 0.162. The fourth-order valence-electron chi connectivity index (χ4n) is 1.54. The Morgan fingerprint density at radius 3 is 2.38 bits per heavy atom. The zero-order chi connectivity index (χ0) is 15.4. The van der Waals surface area contributed by atoms with Gasteiger partial charge in [0.2, 0.25) is 0 Å². The first-order valence-electron chi connectivity index (χ1n) is 5.79. The Kier molecular flexibility index (Phi) is 4.70. The first-order chi connectivity index (χ1) is 9.95. The van der Waals surface area contributed by atoms with Crippen LogP contribution in [-0.4, -0.2) is 11.1 Å². The molecule has 0 aliphatic heterocycles. The largest absolute Gasteiger partial charge is 0.478 e. The van der Waals surface area contributed by atoms with Crippen LogP contribution in [-0.2, 0) is 4.79 Å². The fraction of sp³-hybridized carbons (Fsp3) is 0. The van der Waals surface area contributed by atoms with Gasteiger partial charge in [0.25, 0.3) is 0 Å². The van der Waals surface area contributed by atoms with Crippen LogP contribution >= 0.6 is 15.9 Å². The van der Waals surface area contributed by atoms with Crippen LogP contribution in [0.4, 0.5) is 8.78 Å². The molecule has 6 heteroatoms. The highest BCUT2D eigenvalue weighted by molar-refractivity contribution is 9.10. The number of carboxylic acids is 1. The molecule has 21 heavy (non-hydrogen) atoms.